The molecule has 3 rings (SSSR count). The number of amides is 1. The number of hydrogen-bond acceptors (Lipinski definition) is 4. The third-order valence-electron chi connectivity index (χ3n) is 4.29. The highest BCUT2D eigenvalue weighted by molar-refractivity contribution is 8.00. The average molecular weight is 529 g/mol. The van der Waals surface area contributed by atoms with Crippen molar-refractivity contribution in [2.45, 2.75) is 4.90 Å². The second-order valence-electron chi connectivity index (χ2n) is 6.37. The zero-order valence-corrected chi connectivity index (χ0v) is 19.8. The molecule has 0 bridgehead atoms. The zero-order valence-electron chi connectivity index (χ0n) is 16.0. The molecule has 0 spiro atoms. The van der Waals surface area contributed by atoms with E-state index in [-0.39, 0.29) is 31.6 Å². The monoisotopic (exact) mass is 527 g/mol. The molecule has 0 atom stereocenters. The van der Waals surface area contributed by atoms with Crippen LogP contribution in [-0.2, 0) is 0 Å². The van der Waals surface area contributed by atoms with Gasteiger partial charge in [0.2, 0.25) is 0 Å². The summed E-state index contributed by atoms with van der Waals surface area (Å²) in [7, 11) is 0. The fourth-order valence-electron chi connectivity index (χ4n) is 2.73. The minimum Gasteiger partial charge on any atom is -0.478 e. The van der Waals surface area contributed by atoms with Gasteiger partial charge in [-0.05, 0) is 24.3 Å². The van der Waals surface area contributed by atoms with Gasteiger partial charge in [-0.3, -0.25) is 9.59 Å². The lowest BCUT2D eigenvalue weighted by atomic mass is 10.1. The molecule has 3 aromatic rings. The zero-order chi connectivity index (χ0) is 23.4. The van der Waals surface area contributed by atoms with Crippen molar-refractivity contribution in [2.75, 3.05) is 11.1 Å². The van der Waals surface area contributed by atoms with Crippen molar-refractivity contribution in [1.82, 2.24) is 0 Å². The predicted octanol–water partition coefficient (Wildman–Crippen LogP) is 7.23. The summed E-state index contributed by atoms with van der Waals surface area (Å²) in [5.41, 5.74) is 0.0688. The summed E-state index contributed by atoms with van der Waals surface area (Å²) in [6.07, 6.45) is 0. The van der Waals surface area contributed by atoms with E-state index in [9.17, 15) is 19.5 Å². The summed E-state index contributed by atoms with van der Waals surface area (Å²) >= 11 is 25.3. The molecule has 32 heavy (non-hydrogen) atoms. The van der Waals surface area contributed by atoms with E-state index in [1.54, 1.807) is 48.5 Å². The minimum atomic E-state index is -1.48. The van der Waals surface area contributed by atoms with Gasteiger partial charge in [0.15, 0.2) is 5.78 Å². The first-order valence-corrected chi connectivity index (χ1v) is 11.4. The lowest BCUT2D eigenvalue weighted by Crippen LogP contribution is -2.18. The number of aromatic carboxylic acids is 1. The van der Waals surface area contributed by atoms with E-state index in [1.165, 1.54) is 11.8 Å². The molecule has 0 aliphatic carbocycles. The molecule has 1 amide bonds. The number of hydrogen-bond donors (Lipinski definition) is 2. The number of carbonyl (C=O) groups is 3. The molecule has 3 aromatic carbocycles. The summed E-state index contributed by atoms with van der Waals surface area (Å²) in [5.74, 6) is -2.03. The number of Topliss-reactive ketones (excluding diaryl/α,β-unsaturated/α-hetero) is 1. The highest BCUT2D eigenvalue weighted by atomic mass is 35.5. The van der Waals surface area contributed by atoms with Crippen molar-refractivity contribution < 1.29 is 19.5 Å². The number of ketones is 1. The lowest BCUT2D eigenvalue weighted by Gasteiger charge is -2.14. The van der Waals surface area contributed by atoms with Crippen LogP contribution in [0.2, 0.25) is 20.1 Å². The quantitative estimate of drug-likeness (QED) is 0.146. The van der Waals surface area contributed by atoms with E-state index < -0.39 is 23.0 Å². The van der Waals surface area contributed by atoms with Crippen LogP contribution in [0, 0.1) is 0 Å². The van der Waals surface area contributed by atoms with E-state index in [2.05, 4.69) is 5.32 Å². The lowest BCUT2D eigenvalue weighted by molar-refractivity contribution is 0.0692. The normalized spacial score (nSPS) is 10.6. The maximum atomic E-state index is 12.8. The molecular weight excluding hydrogens is 516 g/mol. The second kappa shape index (κ2) is 10.6. The van der Waals surface area contributed by atoms with Crippen LogP contribution in [0.25, 0.3) is 0 Å². The predicted molar refractivity (Wildman–Crippen MR) is 129 cm³/mol. The smallest absolute Gasteiger partial charge is 0.338 e. The van der Waals surface area contributed by atoms with Gasteiger partial charge in [-0.15, -0.1) is 11.8 Å². The molecule has 0 heterocycles. The standard InChI is InChI=1S/C22H13Cl4NO4S/c23-17-15(16(22(30)31)18(24)20(26)19(17)25)21(29)27-12-6-8-13(9-7-12)32-10-14(28)11-4-2-1-3-5-11/h1-9H,10H2,(H,27,29)(H,30,31). The number of carbonyl (C=O) groups excluding carboxylic acids is 2. The summed E-state index contributed by atoms with van der Waals surface area (Å²) in [5, 5.41) is 10.9. The maximum Gasteiger partial charge on any atom is 0.338 e. The first-order chi connectivity index (χ1) is 15.2. The SMILES string of the molecule is O=C(CSc1ccc(NC(=O)c2c(Cl)c(Cl)c(Cl)c(Cl)c2C(=O)O)cc1)c1ccccc1. The van der Waals surface area contributed by atoms with Gasteiger partial charge < -0.3 is 10.4 Å². The third-order valence-corrected chi connectivity index (χ3v) is 7.10. The second-order valence-corrected chi connectivity index (χ2v) is 8.93. The molecular formula is C22H13Cl4NO4S. The number of anilines is 1. The van der Waals surface area contributed by atoms with E-state index in [0.717, 1.165) is 4.90 Å². The Morgan fingerprint density at radius 2 is 1.34 bits per heavy atom. The number of nitrogens with one attached hydrogen (secondary N) is 1. The molecule has 0 saturated carbocycles. The average Bonchev–Trinajstić information content (AvgIpc) is 2.79. The molecule has 164 valence electrons. The van der Waals surface area contributed by atoms with Gasteiger partial charge >= 0.3 is 5.97 Å². The Morgan fingerprint density at radius 1 is 0.781 bits per heavy atom. The number of halogens is 4. The van der Waals surface area contributed by atoms with Gasteiger partial charge in [-0.25, -0.2) is 4.79 Å². The topological polar surface area (TPSA) is 83.5 Å². The van der Waals surface area contributed by atoms with Crippen LogP contribution in [0.1, 0.15) is 31.1 Å². The molecule has 0 aromatic heterocycles. The van der Waals surface area contributed by atoms with Crippen LogP contribution < -0.4 is 5.32 Å². The van der Waals surface area contributed by atoms with Crippen LogP contribution in [0.15, 0.2) is 59.5 Å². The van der Waals surface area contributed by atoms with Crippen LogP contribution in [0.5, 0.6) is 0 Å². The number of thioether (sulfide) groups is 1. The van der Waals surface area contributed by atoms with E-state index in [4.69, 9.17) is 46.4 Å². The summed E-state index contributed by atoms with van der Waals surface area (Å²) in [6, 6.07) is 15.6. The van der Waals surface area contributed by atoms with Crippen molar-refractivity contribution in [2.24, 2.45) is 0 Å². The van der Waals surface area contributed by atoms with Crippen LogP contribution in [-0.4, -0.2) is 28.5 Å². The Bertz CT molecular complexity index is 1200. The van der Waals surface area contributed by atoms with Gasteiger partial charge in [-0.2, -0.15) is 0 Å². The molecule has 0 fully saturated rings. The highest BCUT2D eigenvalue weighted by Crippen LogP contribution is 2.41. The molecule has 0 unspecified atom stereocenters. The van der Waals surface area contributed by atoms with Crippen LogP contribution in [0.4, 0.5) is 5.69 Å². The Morgan fingerprint density at radius 3 is 1.91 bits per heavy atom. The van der Waals surface area contributed by atoms with Gasteiger partial charge in [0.05, 0.1) is 37.0 Å². The highest BCUT2D eigenvalue weighted by Gasteiger charge is 2.28. The number of carboxylic acid groups (broad SMARTS) is 1. The molecule has 5 nitrogen and oxygen atoms in total. The van der Waals surface area contributed by atoms with Crippen LogP contribution in [0.3, 0.4) is 0 Å². The van der Waals surface area contributed by atoms with Crippen molar-refractivity contribution >= 4 is 81.5 Å². The number of rotatable bonds is 7. The third kappa shape index (κ3) is 5.39. The molecule has 0 aliphatic rings. The Hall–Kier alpha value is -2.22. The van der Waals surface area contributed by atoms with Gasteiger partial charge in [0.1, 0.15) is 0 Å². The molecule has 0 saturated heterocycles. The molecule has 10 heteroatoms. The minimum absolute atomic E-state index is 0.000294. The van der Waals surface area contributed by atoms with Gasteiger partial charge in [0, 0.05) is 16.1 Å². The Labute approximate surface area is 207 Å². The van der Waals surface area contributed by atoms with Crippen molar-refractivity contribution in [3.63, 3.8) is 0 Å². The largest absolute Gasteiger partial charge is 0.478 e. The number of benzene rings is 3. The first-order valence-electron chi connectivity index (χ1n) is 8.92. The van der Waals surface area contributed by atoms with Crippen molar-refractivity contribution in [3.8, 4) is 0 Å². The van der Waals surface area contributed by atoms with Crippen molar-refractivity contribution in [3.05, 3.63) is 91.4 Å². The van der Waals surface area contributed by atoms with E-state index in [0.29, 0.717) is 11.3 Å². The van der Waals surface area contributed by atoms with Crippen molar-refractivity contribution in [1.29, 1.82) is 0 Å². The molecule has 2 N–H and O–H groups in total. The van der Waals surface area contributed by atoms with E-state index in [1.807, 2.05) is 6.07 Å². The van der Waals surface area contributed by atoms with Gasteiger partial charge in [0.25, 0.3) is 5.91 Å². The van der Waals surface area contributed by atoms with Crippen LogP contribution >= 0.6 is 58.2 Å². The summed E-state index contributed by atoms with van der Waals surface area (Å²) < 4.78 is 0. The molecule has 0 aliphatic heterocycles. The maximum absolute atomic E-state index is 12.8. The van der Waals surface area contributed by atoms with E-state index >= 15 is 0 Å². The number of carboxylic acids is 1. The fraction of sp³-hybridized carbons (Fsp3) is 0.0455. The fourth-order valence-corrected chi connectivity index (χ4v) is 4.54. The molecule has 0 radical (unpaired) electrons. The Balaban J connectivity index is 1.74. The Kier molecular flexibility index (Phi) is 8.09. The first kappa shape index (κ1) is 24.4. The summed E-state index contributed by atoms with van der Waals surface area (Å²) in [4.78, 5) is 37.4. The summed E-state index contributed by atoms with van der Waals surface area (Å²) in [6.45, 7) is 0. The van der Waals surface area contributed by atoms with Gasteiger partial charge in [-0.1, -0.05) is 76.7 Å².